The van der Waals surface area contributed by atoms with Crippen molar-refractivity contribution in [1.29, 1.82) is 0 Å². The molecular weight excluding hydrogens is 266 g/mol. The van der Waals surface area contributed by atoms with E-state index in [0.29, 0.717) is 25.1 Å². The van der Waals surface area contributed by atoms with Crippen molar-refractivity contribution >= 4 is 5.91 Å². The number of carbonyl (C=O) groups excluding carboxylic acids is 1. The maximum absolute atomic E-state index is 11.7. The SMILES string of the molecule is C=CCc1cc(CNC(=O)CCCC)cc(OC)c1OC. The minimum atomic E-state index is 0.0805. The largest absolute Gasteiger partial charge is 0.493 e. The maximum Gasteiger partial charge on any atom is 0.220 e. The third kappa shape index (κ3) is 5.14. The van der Waals surface area contributed by atoms with Crippen LogP contribution in [0.5, 0.6) is 11.5 Å². The monoisotopic (exact) mass is 291 g/mol. The van der Waals surface area contributed by atoms with E-state index in [9.17, 15) is 4.79 Å². The lowest BCUT2D eigenvalue weighted by Gasteiger charge is -2.14. The Morgan fingerprint density at radius 3 is 2.67 bits per heavy atom. The summed E-state index contributed by atoms with van der Waals surface area (Å²) in [5.74, 6) is 1.48. The zero-order chi connectivity index (χ0) is 15.7. The summed E-state index contributed by atoms with van der Waals surface area (Å²) in [5.41, 5.74) is 2.00. The number of amides is 1. The van der Waals surface area contributed by atoms with Gasteiger partial charge in [-0.3, -0.25) is 4.79 Å². The first-order chi connectivity index (χ1) is 10.2. The fraction of sp³-hybridized carbons (Fsp3) is 0.471. The van der Waals surface area contributed by atoms with E-state index in [1.165, 1.54) is 0 Å². The van der Waals surface area contributed by atoms with Crippen molar-refractivity contribution in [3.8, 4) is 11.5 Å². The Kier molecular flexibility index (Phi) is 7.37. The second-order valence-corrected chi connectivity index (χ2v) is 4.86. The van der Waals surface area contributed by atoms with Crippen LogP contribution in [0.2, 0.25) is 0 Å². The highest BCUT2D eigenvalue weighted by atomic mass is 16.5. The normalized spacial score (nSPS) is 10.0. The molecule has 0 aliphatic rings. The van der Waals surface area contributed by atoms with Crippen molar-refractivity contribution in [3.63, 3.8) is 0 Å². The lowest BCUT2D eigenvalue weighted by molar-refractivity contribution is -0.121. The third-order valence-corrected chi connectivity index (χ3v) is 3.23. The molecule has 0 aliphatic heterocycles. The molecule has 1 amide bonds. The van der Waals surface area contributed by atoms with E-state index in [4.69, 9.17) is 9.47 Å². The van der Waals surface area contributed by atoms with Crippen LogP contribution >= 0.6 is 0 Å². The van der Waals surface area contributed by atoms with Crippen LogP contribution < -0.4 is 14.8 Å². The highest BCUT2D eigenvalue weighted by Gasteiger charge is 2.12. The van der Waals surface area contributed by atoms with Crippen LogP contribution in [0.3, 0.4) is 0 Å². The van der Waals surface area contributed by atoms with E-state index in [0.717, 1.165) is 29.7 Å². The molecule has 0 fully saturated rings. The Balaban J connectivity index is 2.84. The summed E-state index contributed by atoms with van der Waals surface area (Å²) >= 11 is 0. The molecule has 0 unspecified atom stereocenters. The maximum atomic E-state index is 11.7. The number of ether oxygens (including phenoxy) is 2. The van der Waals surface area contributed by atoms with Crippen LogP contribution in [0.4, 0.5) is 0 Å². The van der Waals surface area contributed by atoms with Gasteiger partial charge < -0.3 is 14.8 Å². The molecule has 1 rings (SSSR count). The van der Waals surface area contributed by atoms with Crippen molar-refractivity contribution < 1.29 is 14.3 Å². The number of benzene rings is 1. The molecule has 1 N–H and O–H groups in total. The summed E-state index contributed by atoms with van der Waals surface area (Å²) in [6.45, 7) is 6.32. The van der Waals surface area contributed by atoms with Gasteiger partial charge in [-0.05, 0) is 30.5 Å². The zero-order valence-electron chi connectivity index (χ0n) is 13.2. The van der Waals surface area contributed by atoms with Gasteiger partial charge in [0.1, 0.15) is 0 Å². The number of hydrogen-bond acceptors (Lipinski definition) is 3. The van der Waals surface area contributed by atoms with Crippen molar-refractivity contribution in [2.75, 3.05) is 14.2 Å². The van der Waals surface area contributed by atoms with Gasteiger partial charge >= 0.3 is 0 Å². The first-order valence-corrected chi connectivity index (χ1v) is 7.27. The molecule has 0 bridgehead atoms. The number of hydrogen-bond donors (Lipinski definition) is 1. The zero-order valence-corrected chi connectivity index (χ0v) is 13.2. The molecule has 0 aromatic heterocycles. The molecule has 0 saturated heterocycles. The van der Waals surface area contributed by atoms with Gasteiger partial charge in [0, 0.05) is 18.5 Å². The molecule has 0 spiro atoms. The van der Waals surface area contributed by atoms with Gasteiger partial charge in [0.25, 0.3) is 0 Å². The molecular formula is C17H25NO3. The first kappa shape index (κ1) is 17.1. The van der Waals surface area contributed by atoms with Crippen LogP contribution in [-0.2, 0) is 17.8 Å². The van der Waals surface area contributed by atoms with Crippen LogP contribution in [-0.4, -0.2) is 20.1 Å². The van der Waals surface area contributed by atoms with E-state index in [-0.39, 0.29) is 5.91 Å². The first-order valence-electron chi connectivity index (χ1n) is 7.27. The van der Waals surface area contributed by atoms with Gasteiger partial charge in [0.15, 0.2) is 11.5 Å². The highest BCUT2D eigenvalue weighted by molar-refractivity contribution is 5.75. The van der Waals surface area contributed by atoms with Crippen molar-refractivity contribution in [1.82, 2.24) is 5.32 Å². The second kappa shape index (κ2) is 9.06. The summed E-state index contributed by atoms with van der Waals surface area (Å²) in [7, 11) is 3.23. The number of methoxy groups -OCH3 is 2. The van der Waals surface area contributed by atoms with E-state index < -0.39 is 0 Å². The fourth-order valence-electron chi connectivity index (χ4n) is 2.14. The molecule has 0 saturated carbocycles. The van der Waals surface area contributed by atoms with Crippen molar-refractivity contribution in [3.05, 3.63) is 35.9 Å². The van der Waals surface area contributed by atoms with E-state index in [2.05, 4.69) is 18.8 Å². The Labute approximate surface area is 127 Å². The van der Waals surface area contributed by atoms with E-state index >= 15 is 0 Å². The molecule has 0 atom stereocenters. The van der Waals surface area contributed by atoms with Gasteiger partial charge in [0.2, 0.25) is 5.91 Å². The topological polar surface area (TPSA) is 47.6 Å². The Hall–Kier alpha value is -1.97. The Bertz CT molecular complexity index is 483. The van der Waals surface area contributed by atoms with Crippen LogP contribution in [0.15, 0.2) is 24.8 Å². The molecule has 4 heteroatoms. The van der Waals surface area contributed by atoms with Crippen LogP contribution in [0, 0.1) is 0 Å². The van der Waals surface area contributed by atoms with E-state index in [1.54, 1.807) is 14.2 Å². The van der Waals surface area contributed by atoms with E-state index in [1.807, 2.05) is 18.2 Å². The van der Waals surface area contributed by atoms with Gasteiger partial charge in [-0.2, -0.15) is 0 Å². The standard InChI is InChI=1S/C17H25NO3/c1-5-7-9-16(19)18-12-13-10-14(8-6-2)17(21-4)15(11-13)20-3/h6,10-11H,2,5,7-9,12H2,1,3-4H3,(H,18,19). The lowest BCUT2D eigenvalue weighted by atomic mass is 10.1. The quantitative estimate of drug-likeness (QED) is 0.711. The van der Waals surface area contributed by atoms with Gasteiger partial charge in [0.05, 0.1) is 14.2 Å². The number of unbranched alkanes of at least 4 members (excludes halogenated alkanes) is 1. The Morgan fingerprint density at radius 1 is 1.33 bits per heavy atom. The second-order valence-electron chi connectivity index (χ2n) is 4.86. The van der Waals surface area contributed by atoms with Crippen molar-refractivity contribution in [2.45, 2.75) is 39.2 Å². The molecule has 21 heavy (non-hydrogen) atoms. The third-order valence-electron chi connectivity index (χ3n) is 3.23. The van der Waals surface area contributed by atoms with Crippen molar-refractivity contribution in [2.24, 2.45) is 0 Å². The summed E-state index contributed by atoms with van der Waals surface area (Å²) in [5, 5.41) is 2.93. The number of allylic oxidation sites excluding steroid dienone is 1. The molecule has 0 aliphatic carbocycles. The molecule has 0 heterocycles. The van der Waals surface area contributed by atoms with Gasteiger partial charge in [-0.1, -0.05) is 19.4 Å². The predicted octanol–water partition coefficient (Wildman–Crippen LogP) is 3.24. The molecule has 1 aromatic carbocycles. The fourth-order valence-corrected chi connectivity index (χ4v) is 2.14. The molecule has 1 aromatic rings. The number of carbonyl (C=O) groups is 1. The summed E-state index contributed by atoms with van der Waals surface area (Å²) in [6.07, 6.45) is 5.02. The van der Waals surface area contributed by atoms with Gasteiger partial charge in [-0.15, -0.1) is 6.58 Å². The minimum absolute atomic E-state index is 0.0805. The summed E-state index contributed by atoms with van der Waals surface area (Å²) in [4.78, 5) is 11.7. The number of nitrogens with one attached hydrogen (secondary N) is 1. The average Bonchev–Trinajstić information content (AvgIpc) is 2.50. The average molecular weight is 291 g/mol. The minimum Gasteiger partial charge on any atom is -0.493 e. The van der Waals surface area contributed by atoms with Crippen LogP contribution in [0.25, 0.3) is 0 Å². The molecule has 4 nitrogen and oxygen atoms in total. The highest BCUT2D eigenvalue weighted by Crippen LogP contribution is 2.33. The summed E-state index contributed by atoms with van der Waals surface area (Å²) in [6, 6.07) is 3.91. The predicted molar refractivity (Wildman–Crippen MR) is 84.8 cm³/mol. The Morgan fingerprint density at radius 2 is 2.10 bits per heavy atom. The van der Waals surface area contributed by atoms with Gasteiger partial charge in [-0.25, -0.2) is 0 Å². The lowest BCUT2D eigenvalue weighted by Crippen LogP contribution is -2.22. The summed E-state index contributed by atoms with van der Waals surface area (Å²) < 4.78 is 10.8. The van der Waals surface area contributed by atoms with Crippen LogP contribution in [0.1, 0.15) is 37.3 Å². The molecule has 0 radical (unpaired) electrons. The number of rotatable bonds is 9. The molecule has 116 valence electrons. The smallest absolute Gasteiger partial charge is 0.220 e.